The van der Waals surface area contributed by atoms with Gasteiger partial charge in [0.1, 0.15) is 5.76 Å². The number of hydrogen-bond acceptors (Lipinski definition) is 3. The van der Waals surface area contributed by atoms with Crippen molar-refractivity contribution in [2.24, 2.45) is 0 Å². The minimum atomic E-state index is -0.125. The number of para-hydroxylation sites is 1. The number of nitrogens with one attached hydrogen (secondary N) is 1. The maximum absolute atomic E-state index is 12.1. The zero-order valence-corrected chi connectivity index (χ0v) is 12.0. The highest BCUT2D eigenvalue weighted by Gasteiger charge is 2.11. The van der Waals surface area contributed by atoms with E-state index in [1.165, 1.54) is 6.26 Å². The van der Waals surface area contributed by atoms with Gasteiger partial charge in [0.25, 0.3) is 5.91 Å². The summed E-state index contributed by atoms with van der Waals surface area (Å²) in [5.41, 5.74) is 3.52. The molecule has 2 heterocycles. The van der Waals surface area contributed by atoms with Crippen molar-refractivity contribution in [3.8, 4) is 0 Å². The Labute approximate surface area is 122 Å². The summed E-state index contributed by atoms with van der Waals surface area (Å²) in [6, 6.07) is 11.6. The summed E-state index contributed by atoms with van der Waals surface area (Å²) in [5.74, 6) is 0.503. The number of carbonyl (C=O) groups is 1. The first kappa shape index (κ1) is 13.4. The smallest absolute Gasteiger partial charge is 0.255 e. The Morgan fingerprint density at radius 1 is 1.24 bits per heavy atom. The van der Waals surface area contributed by atoms with Gasteiger partial charge < -0.3 is 9.73 Å². The second kappa shape index (κ2) is 5.40. The molecule has 0 aliphatic rings. The molecular weight excluding hydrogens is 264 g/mol. The van der Waals surface area contributed by atoms with Gasteiger partial charge in [-0.1, -0.05) is 18.2 Å². The van der Waals surface area contributed by atoms with Crippen LogP contribution in [0.5, 0.6) is 0 Å². The Bertz CT molecular complexity index is 805. The van der Waals surface area contributed by atoms with E-state index in [9.17, 15) is 4.79 Å². The molecule has 3 rings (SSSR count). The second-order valence-electron chi connectivity index (χ2n) is 5.01. The van der Waals surface area contributed by atoms with Crippen LogP contribution in [0.1, 0.15) is 27.4 Å². The largest absolute Gasteiger partial charge is 0.469 e. The van der Waals surface area contributed by atoms with E-state index in [0.717, 1.165) is 22.2 Å². The average Bonchev–Trinajstić information content (AvgIpc) is 2.90. The maximum atomic E-state index is 12.1. The van der Waals surface area contributed by atoms with Crippen molar-refractivity contribution in [1.82, 2.24) is 10.3 Å². The summed E-state index contributed by atoms with van der Waals surface area (Å²) in [6.07, 6.45) is 1.52. The fraction of sp³-hybridized carbons (Fsp3) is 0.176. The molecule has 0 aliphatic carbocycles. The van der Waals surface area contributed by atoms with Gasteiger partial charge in [-0.15, -0.1) is 0 Å². The number of aryl methyl sites for hydroxylation is 2. The van der Waals surface area contributed by atoms with Crippen LogP contribution in [-0.4, -0.2) is 10.9 Å². The molecule has 0 fully saturated rings. The third-order valence-electron chi connectivity index (χ3n) is 3.47. The molecule has 2 aromatic heterocycles. The van der Waals surface area contributed by atoms with Crippen LogP contribution in [0.2, 0.25) is 0 Å². The first-order valence-electron chi connectivity index (χ1n) is 6.82. The van der Waals surface area contributed by atoms with Crippen LogP contribution in [0.3, 0.4) is 0 Å². The molecule has 0 bridgehead atoms. The van der Waals surface area contributed by atoms with Crippen molar-refractivity contribution in [3.63, 3.8) is 0 Å². The van der Waals surface area contributed by atoms with Crippen LogP contribution >= 0.6 is 0 Å². The molecule has 0 spiro atoms. The van der Waals surface area contributed by atoms with E-state index in [0.29, 0.717) is 17.9 Å². The van der Waals surface area contributed by atoms with Crippen LogP contribution < -0.4 is 5.32 Å². The lowest BCUT2D eigenvalue weighted by atomic mass is 10.1. The minimum Gasteiger partial charge on any atom is -0.469 e. The normalized spacial score (nSPS) is 10.8. The second-order valence-corrected chi connectivity index (χ2v) is 5.01. The van der Waals surface area contributed by atoms with Crippen molar-refractivity contribution >= 4 is 16.8 Å². The van der Waals surface area contributed by atoms with E-state index in [4.69, 9.17) is 4.42 Å². The van der Waals surface area contributed by atoms with E-state index in [1.54, 1.807) is 13.0 Å². The van der Waals surface area contributed by atoms with Gasteiger partial charge in [0.05, 0.1) is 17.3 Å². The van der Waals surface area contributed by atoms with Crippen LogP contribution in [0, 0.1) is 13.8 Å². The highest BCUT2D eigenvalue weighted by molar-refractivity contribution is 5.95. The first-order chi connectivity index (χ1) is 10.1. The molecule has 0 aliphatic heterocycles. The number of carbonyl (C=O) groups excluding carboxylic acids is 1. The Kier molecular flexibility index (Phi) is 3.44. The molecule has 3 aromatic rings. The lowest BCUT2D eigenvalue weighted by Crippen LogP contribution is -2.23. The number of hydrogen-bond donors (Lipinski definition) is 1. The lowest BCUT2D eigenvalue weighted by Gasteiger charge is -2.09. The average molecular weight is 280 g/mol. The minimum absolute atomic E-state index is 0.125. The molecule has 1 amide bonds. The molecule has 0 saturated heterocycles. The standard InChI is InChI=1S/C17H16N2O2/c1-11-9-13(15-5-3-4-6-16(15)19-11)10-18-17(20)14-7-8-21-12(14)2/h3-9H,10H2,1-2H3,(H,18,20). The monoisotopic (exact) mass is 280 g/mol. The Morgan fingerprint density at radius 2 is 2.05 bits per heavy atom. The van der Waals surface area contributed by atoms with E-state index >= 15 is 0 Å². The summed E-state index contributed by atoms with van der Waals surface area (Å²) in [5, 5.41) is 4.00. The molecule has 0 radical (unpaired) electrons. The molecule has 4 heteroatoms. The lowest BCUT2D eigenvalue weighted by molar-refractivity contribution is 0.0949. The SMILES string of the molecule is Cc1cc(CNC(=O)c2ccoc2C)c2ccccc2n1. The molecule has 0 unspecified atom stereocenters. The molecule has 106 valence electrons. The fourth-order valence-electron chi connectivity index (χ4n) is 2.43. The molecule has 1 aromatic carbocycles. The van der Waals surface area contributed by atoms with Crippen LogP contribution in [-0.2, 0) is 6.54 Å². The Morgan fingerprint density at radius 3 is 2.81 bits per heavy atom. The van der Waals surface area contributed by atoms with Gasteiger partial charge in [-0.25, -0.2) is 0 Å². The topological polar surface area (TPSA) is 55.1 Å². The van der Waals surface area contributed by atoms with Gasteiger partial charge in [0.15, 0.2) is 0 Å². The predicted molar refractivity (Wildman–Crippen MR) is 81.1 cm³/mol. The molecule has 1 N–H and O–H groups in total. The third-order valence-corrected chi connectivity index (χ3v) is 3.47. The van der Waals surface area contributed by atoms with Gasteiger partial charge in [-0.3, -0.25) is 9.78 Å². The number of rotatable bonds is 3. The number of amides is 1. The van der Waals surface area contributed by atoms with Crippen LogP contribution in [0.15, 0.2) is 47.1 Å². The van der Waals surface area contributed by atoms with Crippen molar-refractivity contribution in [2.45, 2.75) is 20.4 Å². The van der Waals surface area contributed by atoms with Crippen molar-refractivity contribution < 1.29 is 9.21 Å². The number of benzene rings is 1. The summed E-state index contributed by atoms with van der Waals surface area (Å²) >= 11 is 0. The van der Waals surface area contributed by atoms with Crippen molar-refractivity contribution in [2.75, 3.05) is 0 Å². The van der Waals surface area contributed by atoms with E-state index in [-0.39, 0.29) is 5.91 Å². The highest BCUT2D eigenvalue weighted by atomic mass is 16.3. The summed E-state index contributed by atoms with van der Waals surface area (Å²) < 4.78 is 5.16. The first-order valence-corrected chi connectivity index (χ1v) is 6.82. The number of nitrogens with zero attached hydrogens (tertiary/aromatic N) is 1. The highest BCUT2D eigenvalue weighted by Crippen LogP contribution is 2.18. The number of aromatic nitrogens is 1. The van der Waals surface area contributed by atoms with Crippen molar-refractivity contribution in [3.05, 3.63) is 65.2 Å². The fourth-order valence-corrected chi connectivity index (χ4v) is 2.43. The Balaban J connectivity index is 1.85. The zero-order chi connectivity index (χ0) is 14.8. The quantitative estimate of drug-likeness (QED) is 0.800. The number of pyridine rings is 1. The molecule has 0 atom stereocenters. The predicted octanol–water partition coefficient (Wildman–Crippen LogP) is 3.37. The molecular formula is C17H16N2O2. The van der Waals surface area contributed by atoms with E-state index in [1.807, 2.05) is 37.3 Å². The van der Waals surface area contributed by atoms with Gasteiger partial charge in [-0.2, -0.15) is 0 Å². The van der Waals surface area contributed by atoms with E-state index < -0.39 is 0 Å². The van der Waals surface area contributed by atoms with Crippen molar-refractivity contribution in [1.29, 1.82) is 0 Å². The van der Waals surface area contributed by atoms with E-state index in [2.05, 4.69) is 10.3 Å². The maximum Gasteiger partial charge on any atom is 0.255 e. The van der Waals surface area contributed by atoms with Gasteiger partial charge in [0, 0.05) is 17.6 Å². The third kappa shape index (κ3) is 2.65. The van der Waals surface area contributed by atoms with Gasteiger partial charge in [0.2, 0.25) is 0 Å². The van der Waals surface area contributed by atoms with Crippen LogP contribution in [0.4, 0.5) is 0 Å². The molecule has 4 nitrogen and oxygen atoms in total. The number of fused-ring (bicyclic) bond motifs is 1. The molecule has 0 saturated carbocycles. The zero-order valence-electron chi connectivity index (χ0n) is 12.0. The van der Waals surface area contributed by atoms with Crippen LogP contribution in [0.25, 0.3) is 10.9 Å². The van der Waals surface area contributed by atoms with Gasteiger partial charge >= 0.3 is 0 Å². The molecule has 21 heavy (non-hydrogen) atoms. The van der Waals surface area contributed by atoms with Gasteiger partial charge in [-0.05, 0) is 37.6 Å². The Hall–Kier alpha value is -2.62. The summed E-state index contributed by atoms with van der Waals surface area (Å²) in [7, 11) is 0. The summed E-state index contributed by atoms with van der Waals surface area (Å²) in [6.45, 7) is 4.20. The number of furan rings is 1. The summed E-state index contributed by atoms with van der Waals surface area (Å²) in [4.78, 5) is 16.6.